The second-order valence-corrected chi connectivity index (χ2v) is 4.06. The summed E-state index contributed by atoms with van der Waals surface area (Å²) in [7, 11) is 0. The van der Waals surface area contributed by atoms with Crippen LogP contribution in [-0.2, 0) is 0 Å². The second kappa shape index (κ2) is 3.11. The van der Waals surface area contributed by atoms with Gasteiger partial charge in [0.15, 0.2) is 0 Å². The van der Waals surface area contributed by atoms with E-state index in [2.05, 4.69) is 17.1 Å². The summed E-state index contributed by atoms with van der Waals surface area (Å²) in [4.78, 5) is 2.61. The lowest BCUT2D eigenvalue weighted by molar-refractivity contribution is 0.200. The molecule has 2 rings (SSSR count). The van der Waals surface area contributed by atoms with Gasteiger partial charge in [-0.2, -0.15) is 0 Å². The van der Waals surface area contributed by atoms with Crippen LogP contribution in [0.5, 0.6) is 0 Å². The third kappa shape index (κ3) is 2.17. The van der Waals surface area contributed by atoms with Crippen molar-refractivity contribution in [3.63, 3.8) is 0 Å². The smallest absolute Gasteiger partial charge is 0.0167 e. The third-order valence-corrected chi connectivity index (χ3v) is 2.67. The summed E-state index contributed by atoms with van der Waals surface area (Å²) in [6.45, 7) is 7.36. The fourth-order valence-corrected chi connectivity index (χ4v) is 1.84. The highest BCUT2D eigenvalue weighted by molar-refractivity contribution is 4.81. The molecule has 64 valence electrons. The lowest BCUT2D eigenvalue weighted by Crippen LogP contribution is -2.49. The first-order chi connectivity index (χ1) is 5.34. The normalized spacial score (nSPS) is 34.1. The molecule has 0 amide bonds. The monoisotopic (exact) mass is 154 g/mol. The van der Waals surface area contributed by atoms with Crippen molar-refractivity contribution >= 4 is 0 Å². The number of nitrogens with zero attached hydrogens (tertiary/aromatic N) is 1. The first kappa shape index (κ1) is 7.56. The van der Waals surface area contributed by atoms with Crippen molar-refractivity contribution < 1.29 is 0 Å². The van der Waals surface area contributed by atoms with Crippen molar-refractivity contribution in [3.8, 4) is 0 Å². The van der Waals surface area contributed by atoms with Crippen LogP contribution >= 0.6 is 0 Å². The number of hydrogen-bond acceptors (Lipinski definition) is 2. The predicted molar refractivity (Wildman–Crippen MR) is 46.6 cm³/mol. The maximum absolute atomic E-state index is 3.46. The summed E-state index contributed by atoms with van der Waals surface area (Å²) in [6.07, 6.45) is 2.97. The van der Waals surface area contributed by atoms with E-state index in [0.717, 1.165) is 5.92 Å². The molecule has 0 unspecified atom stereocenters. The van der Waals surface area contributed by atoms with Crippen molar-refractivity contribution in [3.05, 3.63) is 0 Å². The second-order valence-electron chi connectivity index (χ2n) is 4.06. The standard InChI is InChI=1S/C9H18N2/c1-8-6-11(5-4-10-8)7-9-2-3-9/h8-10H,2-7H2,1H3/t8-/m0/s1. The van der Waals surface area contributed by atoms with Gasteiger partial charge in [-0.05, 0) is 25.7 Å². The molecule has 1 N–H and O–H groups in total. The van der Waals surface area contributed by atoms with E-state index in [1.165, 1.54) is 39.0 Å². The van der Waals surface area contributed by atoms with Gasteiger partial charge in [-0.3, -0.25) is 0 Å². The van der Waals surface area contributed by atoms with Crippen LogP contribution in [0.3, 0.4) is 0 Å². The van der Waals surface area contributed by atoms with Crippen molar-refractivity contribution in [1.29, 1.82) is 0 Å². The zero-order valence-corrected chi connectivity index (χ0v) is 7.34. The van der Waals surface area contributed by atoms with E-state index in [9.17, 15) is 0 Å². The minimum absolute atomic E-state index is 0.711. The molecule has 1 saturated carbocycles. The molecule has 0 aromatic heterocycles. The number of nitrogens with one attached hydrogen (secondary N) is 1. The molecule has 2 fully saturated rings. The average molecular weight is 154 g/mol. The molecule has 0 aromatic carbocycles. The maximum atomic E-state index is 3.46. The molecule has 2 aliphatic rings. The Morgan fingerprint density at radius 3 is 2.91 bits per heavy atom. The van der Waals surface area contributed by atoms with Crippen molar-refractivity contribution in [2.24, 2.45) is 5.92 Å². The quantitative estimate of drug-likeness (QED) is 0.629. The molecule has 2 nitrogen and oxygen atoms in total. The average Bonchev–Trinajstić information content (AvgIpc) is 2.71. The zero-order chi connectivity index (χ0) is 7.68. The number of piperazine rings is 1. The molecule has 1 atom stereocenters. The Bertz CT molecular complexity index is 130. The Balaban J connectivity index is 1.73. The molecule has 2 heteroatoms. The van der Waals surface area contributed by atoms with E-state index >= 15 is 0 Å². The van der Waals surface area contributed by atoms with E-state index in [4.69, 9.17) is 0 Å². The SMILES string of the molecule is C[C@H]1CN(CC2CC2)CCN1. The molecular weight excluding hydrogens is 136 g/mol. The van der Waals surface area contributed by atoms with Gasteiger partial charge < -0.3 is 10.2 Å². The van der Waals surface area contributed by atoms with Crippen LogP contribution < -0.4 is 5.32 Å². The highest BCUT2D eigenvalue weighted by atomic mass is 15.2. The highest BCUT2D eigenvalue weighted by Crippen LogP contribution is 2.29. The minimum atomic E-state index is 0.711. The van der Waals surface area contributed by atoms with Gasteiger partial charge in [0, 0.05) is 32.2 Å². The predicted octanol–water partition coefficient (Wildman–Crippen LogP) is 0.690. The van der Waals surface area contributed by atoms with Gasteiger partial charge in [-0.15, -0.1) is 0 Å². The van der Waals surface area contributed by atoms with Crippen LogP contribution in [0.2, 0.25) is 0 Å². The summed E-state index contributed by atoms with van der Waals surface area (Å²) in [6, 6.07) is 0.711. The lowest BCUT2D eigenvalue weighted by atomic mass is 10.2. The third-order valence-electron chi connectivity index (χ3n) is 2.67. The first-order valence-corrected chi connectivity index (χ1v) is 4.80. The summed E-state index contributed by atoms with van der Waals surface area (Å²) < 4.78 is 0. The van der Waals surface area contributed by atoms with Crippen LogP contribution in [0.25, 0.3) is 0 Å². The van der Waals surface area contributed by atoms with Gasteiger partial charge in [0.2, 0.25) is 0 Å². The van der Waals surface area contributed by atoms with Crippen molar-refractivity contribution in [2.75, 3.05) is 26.2 Å². The molecule has 1 heterocycles. The molecule has 0 bridgehead atoms. The molecule has 11 heavy (non-hydrogen) atoms. The maximum Gasteiger partial charge on any atom is 0.0167 e. The first-order valence-electron chi connectivity index (χ1n) is 4.80. The highest BCUT2D eigenvalue weighted by Gasteiger charge is 2.25. The molecule has 1 aliphatic carbocycles. The van der Waals surface area contributed by atoms with Crippen LogP contribution in [0.4, 0.5) is 0 Å². The van der Waals surface area contributed by atoms with E-state index < -0.39 is 0 Å². The molecular formula is C9H18N2. The number of rotatable bonds is 2. The van der Waals surface area contributed by atoms with E-state index in [-0.39, 0.29) is 0 Å². The van der Waals surface area contributed by atoms with E-state index in [1.807, 2.05) is 0 Å². The Morgan fingerprint density at radius 1 is 1.45 bits per heavy atom. The largest absolute Gasteiger partial charge is 0.312 e. The van der Waals surface area contributed by atoms with Gasteiger partial charge in [0.25, 0.3) is 0 Å². The van der Waals surface area contributed by atoms with Gasteiger partial charge in [0.1, 0.15) is 0 Å². The van der Waals surface area contributed by atoms with Gasteiger partial charge in [-0.25, -0.2) is 0 Å². The summed E-state index contributed by atoms with van der Waals surface area (Å²) in [5.41, 5.74) is 0. The van der Waals surface area contributed by atoms with Crippen molar-refractivity contribution in [2.45, 2.75) is 25.8 Å². The van der Waals surface area contributed by atoms with Crippen LogP contribution in [0.15, 0.2) is 0 Å². The number of hydrogen-bond donors (Lipinski definition) is 1. The van der Waals surface area contributed by atoms with Gasteiger partial charge in [-0.1, -0.05) is 0 Å². The summed E-state index contributed by atoms with van der Waals surface area (Å²) in [5.74, 6) is 1.06. The molecule has 0 aromatic rings. The Morgan fingerprint density at radius 2 is 2.27 bits per heavy atom. The van der Waals surface area contributed by atoms with E-state index in [0.29, 0.717) is 6.04 Å². The topological polar surface area (TPSA) is 15.3 Å². The van der Waals surface area contributed by atoms with Gasteiger partial charge in [0.05, 0.1) is 0 Å². The fraction of sp³-hybridized carbons (Fsp3) is 1.00. The minimum Gasteiger partial charge on any atom is -0.312 e. The molecule has 0 radical (unpaired) electrons. The van der Waals surface area contributed by atoms with Crippen LogP contribution in [0, 0.1) is 5.92 Å². The summed E-state index contributed by atoms with van der Waals surface area (Å²) >= 11 is 0. The van der Waals surface area contributed by atoms with Crippen LogP contribution in [-0.4, -0.2) is 37.1 Å². The van der Waals surface area contributed by atoms with E-state index in [1.54, 1.807) is 0 Å². The molecule has 1 aliphatic heterocycles. The van der Waals surface area contributed by atoms with Crippen molar-refractivity contribution in [1.82, 2.24) is 10.2 Å². The molecule has 1 saturated heterocycles. The van der Waals surface area contributed by atoms with Gasteiger partial charge >= 0.3 is 0 Å². The summed E-state index contributed by atoms with van der Waals surface area (Å²) in [5, 5.41) is 3.46. The zero-order valence-electron chi connectivity index (χ0n) is 7.34. The Kier molecular flexibility index (Phi) is 2.14. The molecule has 0 spiro atoms. The lowest BCUT2D eigenvalue weighted by Gasteiger charge is -2.31. The van der Waals surface area contributed by atoms with Crippen LogP contribution in [0.1, 0.15) is 19.8 Å². The Labute approximate surface area is 69.0 Å². The fourth-order valence-electron chi connectivity index (χ4n) is 1.84. The Hall–Kier alpha value is -0.0800.